The van der Waals surface area contributed by atoms with Gasteiger partial charge in [0.15, 0.2) is 11.6 Å². The first-order valence-electron chi connectivity index (χ1n) is 8.28. The van der Waals surface area contributed by atoms with Crippen molar-refractivity contribution < 1.29 is 28.5 Å². The lowest BCUT2D eigenvalue weighted by Crippen LogP contribution is -2.05. The monoisotopic (exact) mass is 374 g/mol. The summed E-state index contributed by atoms with van der Waals surface area (Å²) in [6.07, 6.45) is 2.07. The summed E-state index contributed by atoms with van der Waals surface area (Å²) in [6.45, 7) is 0.274. The van der Waals surface area contributed by atoms with Crippen LogP contribution in [-0.2, 0) is 11.8 Å². The number of aliphatic hydroxyl groups is 1. The highest BCUT2D eigenvalue weighted by molar-refractivity contribution is 5.97. The van der Waals surface area contributed by atoms with Crippen LogP contribution in [0.25, 0.3) is 10.9 Å². The van der Waals surface area contributed by atoms with Crippen molar-refractivity contribution in [1.82, 2.24) is 9.78 Å². The quantitative estimate of drug-likeness (QED) is 0.506. The Morgan fingerprint density at radius 3 is 2.78 bits per heavy atom. The number of methoxy groups -OCH3 is 1. The van der Waals surface area contributed by atoms with Crippen LogP contribution < -0.4 is 9.47 Å². The first-order valence-corrected chi connectivity index (χ1v) is 8.28. The molecule has 8 heteroatoms. The highest BCUT2D eigenvalue weighted by Gasteiger charge is 2.18. The van der Waals surface area contributed by atoms with Crippen molar-refractivity contribution >= 4 is 16.9 Å². The molecule has 0 fully saturated rings. The number of aliphatic hydroxyl groups excluding tert-OH is 1. The number of esters is 1. The van der Waals surface area contributed by atoms with Crippen molar-refractivity contribution in [1.29, 1.82) is 0 Å². The zero-order chi connectivity index (χ0) is 19.4. The molecule has 1 N–H and O–H groups in total. The fourth-order valence-electron chi connectivity index (χ4n) is 2.56. The maximum absolute atomic E-state index is 14.4. The number of hydrogen-bond donors (Lipinski definition) is 1. The van der Waals surface area contributed by atoms with E-state index in [-0.39, 0.29) is 30.3 Å². The lowest BCUT2D eigenvalue weighted by atomic mass is 10.1. The molecule has 3 rings (SSSR count). The minimum Gasteiger partial charge on any atom is -0.493 e. The summed E-state index contributed by atoms with van der Waals surface area (Å²) in [5, 5.41) is 13.6. The Kier molecular flexibility index (Phi) is 5.56. The van der Waals surface area contributed by atoms with E-state index < -0.39 is 11.8 Å². The number of carbonyl (C=O) groups is 1. The van der Waals surface area contributed by atoms with Gasteiger partial charge in [0.2, 0.25) is 0 Å². The Balaban J connectivity index is 1.93. The van der Waals surface area contributed by atoms with Gasteiger partial charge in [-0.25, -0.2) is 9.18 Å². The van der Waals surface area contributed by atoms with Gasteiger partial charge in [-0.2, -0.15) is 5.10 Å². The van der Waals surface area contributed by atoms with Crippen LogP contribution in [0.3, 0.4) is 0 Å². The number of benzene rings is 2. The summed E-state index contributed by atoms with van der Waals surface area (Å²) < 4.78 is 31.8. The summed E-state index contributed by atoms with van der Waals surface area (Å²) in [7, 11) is 3.02. The Hall–Kier alpha value is -3.13. The predicted octanol–water partition coefficient (Wildman–Crippen LogP) is 3.05. The highest BCUT2D eigenvalue weighted by Crippen LogP contribution is 2.33. The van der Waals surface area contributed by atoms with Crippen LogP contribution in [0.15, 0.2) is 36.5 Å². The standard InChI is InChI=1S/C19H19FN2O5/c1-22-16-10-18(14(19(24)25-2)8-12(16)11-21-22)27-17-5-4-13(9-15(17)20)26-7-3-6-23/h4-5,8-11,23H,3,6-7H2,1-2H3. The highest BCUT2D eigenvalue weighted by atomic mass is 19.1. The number of halogens is 1. The molecule has 2 aromatic carbocycles. The number of aromatic nitrogens is 2. The van der Waals surface area contributed by atoms with E-state index in [2.05, 4.69) is 5.10 Å². The fraction of sp³-hybridized carbons (Fsp3) is 0.263. The van der Waals surface area contributed by atoms with E-state index in [0.29, 0.717) is 12.2 Å². The van der Waals surface area contributed by atoms with Gasteiger partial charge in [-0.15, -0.1) is 0 Å². The first-order chi connectivity index (χ1) is 13.0. The van der Waals surface area contributed by atoms with Gasteiger partial charge in [0.25, 0.3) is 0 Å². The van der Waals surface area contributed by atoms with E-state index in [1.165, 1.54) is 19.2 Å². The molecule has 0 aliphatic heterocycles. The third kappa shape index (κ3) is 4.01. The van der Waals surface area contributed by atoms with Crippen LogP contribution in [0.2, 0.25) is 0 Å². The van der Waals surface area contributed by atoms with Gasteiger partial charge in [0.1, 0.15) is 17.1 Å². The largest absolute Gasteiger partial charge is 0.493 e. The molecule has 0 unspecified atom stereocenters. The first kappa shape index (κ1) is 18.7. The lowest BCUT2D eigenvalue weighted by Gasteiger charge is -2.12. The molecule has 142 valence electrons. The molecular weight excluding hydrogens is 355 g/mol. The Labute approximate surface area is 154 Å². The fourth-order valence-corrected chi connectivity index (χ4v) is 2.56. The maximum atomic E-state index is 14.4. The zero-order valence-corrected chi connectivity index (χ0v) is 14.9. The number of aryl methyl sites for hydroxylation is 1. The molecule has 0 radical (unpaired) electrons. The maximum Gasteiger partial charge on any atom is 0.341 e. The minimum atomic E-state index is -0.641. The Morgan fingerprint density at radius 2 is 2.07 bits per heavy atom. The summed E-state index contributed by atoms with van der Waals surface area (Å²) in [5.74, 6) is -0.817. The smallest absolute Gasteiger partial charge is 0.341 e. The zero-order valence-electron chi connectivity index (χ0n) is 14.9. The van der Waals surface area contributed by atoms with Crippen molar-refractivity contribution in [3.63, 3.8) is 0 Å². The number of nitrogens with zero attached hydrogens (tertiary/aromatic N) is 2. The summed E-state index contributed by atoms with van der Waals surface area (Å²) in [4.78, 5) is 12.1. The van der Waals surface area contributed by atoms with Gasteiger partial charge in [0, 0.05) is 37.6 Å². The Bertz CT molecular complexity index is 970. The average Bonchev–Trinajstić information content (AvgIpc) is 3.03. The minimum absolute atomic E-state index is 0.00350. The predicted molar refractivity (Wildman–Crippen MR) is 95.7 cm³/mol. The average molecular weight is 374 g/mol. The molecular formula is C19H19FN2O5. The van der Waals surface area contributed by atoms with E-state index in [9.17, 15) is 9.18 Å². The van der Waals surface area contributed by atoms with Crippen molar-refractivity contribution in [3.05, 3.63) is 47.9 Å². The molecule has 27 heavy (non-hydrogen) atoms. The van der Waals surface area contributed by atoms with Crippen LogP contribution in [0.5, 0.6) is 17.2 Å². The lowest BCUT2D eigenvalue weighted by molar-refractivity contribution is 0.0598. The number of rotatable bonds is 7. The third-order valence-electron chi connectivity index (χ3n) is 3.95. The van der Waals surface area contributed by atoms with Crippen LogP contribution in [0, 0.1) is 5.82 Å². The molecule has 0 saturated carbocycles. The summed E-state index contributed by atoms with van der Waals surface area (Å²) in [6, 6.07) is 7.36. The van der Waals surface area contributed by atoms with Crippen molar-refractivity contribution in [2.45, 2.75) is 6.42 Å². The second-order valence-electron chi connectivity index (χ2n) is 5.79. The topological polar surface area (TPSA) is 82.8 Å². The van der Waals surface area contributed by atoms with Crippen LogP contribution in [0.4, 0.5) is 4.39 Å². The van der Waals surface area contributed by atoms with Crippen molar-refractivity contribution in [2.75, 3.05) is 20.3 Å². The van der Waals surface area contributed by atoms with E-state index in [0.717, 1.165) is 10.9 Å². The van der Waals surface area contributed by atoms with E-state index in [1.807, 2.05) is 0 Å². The molecule has 0 saturated heterocycles. The van der Waals surface area contributed by atoms with Gasteiger partial charge in [-0.3, -0.25) is 4.68 Å². The SMILES string of the molecule is COC(=O)c1cc2cnn(C)c2cc1Oc1ccc(OCCCO)cc1F. The number of hydrogen-bond acceptors (Lipinski definition) is 6. The van der Waals surface area contributed by atoms with Gasteiger partial charge >= 0.3 is 5.97 Å². The van der Waals surface area contributed by atoms with Gasteiger partial charge in [-0.1, -0.05) is 0 Å². The molecule has 1 heterocycles. The second-order valence-corrected chi connectivity index (χ2v) is 5.79. The van der Waals surface area contributed by atoms with E-state index in [4.69, 9.17) is 19.3 Å². The summed E-state index contributed by atoms with van der Waals surface area (Å²) in [5.41, 5.74) is 0.891. The molecule has 0 spiro atoms. The third-order valence-corrected chi connectivity index (χ3v) is 3.95. The molecule has 0 amide bonds. The van der Waals surface area contributed by atoms with Gasteiger partial charge < -0.3 is 19.3 Å². The molecule has 3 aromatic rings. The number of fused-ring (bicyclic) bond motifs is 1. The number of ether oxygens (including phenoxy) is 3. The Morgan fingerprint density at radius 1 is 1.26 bits per heavy atom. The van der Waals surface area contributed by atoms with Gasteiger partial charge in [0.05, 0.1) is 25.4 Å². The van der Waals surface area contributed by atoms with Gasteiger partial charge in [-0.05, 0) is 18.2 Å². The summed E-state index contributed by atoms with van der Waals surface area (Å²) >= 11 is 0. The normalized spacial score (nSPS) is 10.8. The molecule has 0 bridgehead atoms. The van der Waals surface area contributed by atoms with E-state index in [1.54, 1.807) is 36.1 Å². The van der Waals surface area contributed by atoms with Crippen molar-refractivity contribution in [2.24, 2.45) is 7.05 Å². The van der Waals surface area contributed by atoms with Crippen LogP contribution in [-0.4, -0.2) is 41.2 Å². The molecule has 0 aliphatic rings. The molecule has 7 nitrogen and oxygen atoms in total. The molecule has 0 atom stereocenters. The molecule has 0 aliphatic carbocycles. The van der Waals surface area contributed by atoms with E-state index >= 15 is 0 Å². The van der Waals surface area contributed by atoms with Crippen LogP contribution >= 0.6 is 0 Å². The van der Waals surface area contributed by atoms with Crippen molar-refractivity contribution in [3.8, 4) is 17.2 Å². The number of carbonyl (C=O) groups excluding carboxylic acids is 1. The molecule has 1 aromatic heterocycles. The second kappa shape index (κ2) is 8.05. The van der Waals surface area contributed by atoms with Crippen LogP contribution in [0.1, 0.15) is 16.8 Å².